The number of hydrogen-bond acceptors (Lipinski definition) is 5. The van der Waals surface area contributed by atoms with Gasteiger partial charge in [0.2, 0.25) is 0 Å². The van der Waals surface area contributed by atoms with Crippen LogP contribution in [0, 0.1) is 0 Å². The number of nitrogens with zero attached hydrogens (tertiary/aromatic N) is 4. The summed E-state index contributed by atoms with van der Waals surface area (Å²) in [5.41, 5.74) is -0.682. The van der Waals surface area contributed by atoms with Crippen LogP contribution in [0.4, 0.5) is 0 Å². The summed E-state index contributed by atoms with van der Waals surface area (Å²) in [7, 11) is 1.44. The van der Waals surface area contributed by atoms with E-state index in [0.29, 0.717) is 15.5 Å². The fraction of sp³-hybridized carbons (Fsp3) is 0.250. The molecule has 16 heavy (non-hydrogen) atoms. The lowest BCUT2D eigenvalue weighted by atomic mass is 10.5. The van der Waals surface area contributed by atoms with E-state index in [-0.39, 0.29) is 11.2 Å². The highest BCUT2D eigenvalue weighted by molar-refractivity contribution is 9.11. The second kappa shape index (κ2) is 4.30. The van der Waals surface area contributed by atoms with Crippen molar-refractivity contribution in [3.8, 4) is 0 Å². The molecule has 0 N–H and O–H groups in total. The summed E-state index contributed by atoms with van der Waals surface area (Å²) < 4.78 is 3.13. The molecule has 0 aliphatic carbocycles. The van der Waals surface area contributed by atoms with Crippen LogP contribution in [-0.2, 0) is 13.6 Å². The Morgan fingerprint density at radius 1 is 1.44 bits per heavy atom. The Bertz CT molecular complexity index is 629. The van der Waals surface area contributed by atoms with Gasteiger partial charge >= 0.3 is 5.69 Å². The largest absolute Gasteiger partial charge is 0.331 e. The van der Waals surface area contributed by atoms with E-state index in [1.807, 2.05) is 0 Å². The van der Waals surface area contributed by atoms with Gasteiger partial charge < -0.3 is 0 Å². The van der Waals surface area contributed by atoms with Crippen molar-refractivity contribution in [3.05, 3.63) is 42.0 Å². The third kappa shape index (κ3) is 2.12. The van der Waals surface area contributed by atoms with E-state index in [1.165, 1.54) is 35.2 Å². The first-order valence-electron chi connectivity index (χ1n) is 4.32. The molecule has 0 aliphatic heterocycles. The average molecular weight is 303 g/mol. The first-order chi connectivity index (χ1) is 7.58. The van der Waals surface area contributed by atoms with Gasteiger partial charge in [0.1, 0.15) is 5.01 Å². The predicted octanol–water partition coefficient (Wildman–Crippen LogP) is 0.209. The summed E-state index contributed by atoms with van der Waals surface area (Å²) in [6, 6.07) is 1.34. The van der Waals surface area contributed by atoms with Gasteiger partial charge in [-0.1, -0.05) is 11.3 Å². The number of rotatable bonds is 2. The van der Waals surface area contributed by atoms with Crippen LogP contribution in [0.3, 0.4) is 0 Å². The van der Waals surface area contributed by atoms with E-state index in [9.17, 15) is 9.59 Å². The van der Waals surface area contributed by atoms with Gasteiger partial charge in [-0.3, -0.25) is 13.9 Å². The minimum absolute atomic E-state index is 0.316. The van der Waals surface area contributed by atoms with Crippen molar-refractivity contribution in [2.45, 2.75) is 6.54 Å². The highest BCUT2D eigenvalue weighted by Gasteiger charge is 2.05. The van der Waals surface area contributed by atoms with Crippen LogP contribution in [0.15, 0.2) is 25.8 Å². The average Bonchev–Trinajstić information content (AvgIpc) is 2.65. The Morgan fingerprint density at radius 3 is 2.81 bits per heavy atom. The molecule has 0 saturated carbocycles. The van der Waals surface area contributed by atoms with Crippen LogP contribution >= 0.6 is 27.3 Å². The van der Waals surface area contributed by atoms with E-state index in [0.717, 1.165) is 4.57 Å². The Kier molecular flexibility index (Phi) is 3.01. The van der Waals surface area contributed by atoms with E-state index in [1.54, 1.807) is 0 Å². The molecule has 6 nitrogen and oxygen atoms in total. The maximum Gasteiger partial charge on any atom is 0.331 e. The van der Waals surface area contributed by atoms with E-state index in [4.69, 9.17) is 0 Å². The van der Waals surface area contributed by atoms with Gasteiger partial charge in [0.05, 0.1) is 6.54 Å². The molecule has 2 aromatic rings. The molecule has 0 bridgehead atoms. The van der Waals surface area contributed by atoms with Crippen LogP contribution in [0.1, 0.15) is 5.01 Å². The molecule has 0 unspecified atom stereocenters. The van der Waals surface area contributed by atoms with Crippen molar-refractivity contribution in [2.75, 3.05) is 0 Å². The van der Waals surface area contributed by atoms with Crippen LogP contribution in [0.2, 0.25) is 0 Å². The highest BCUT2D eigenvalue weighted by atomic mass is 79.9. The molecule has 0 aliphatic rings. The lowest BCUT2D eigenvalue weighted by Crippen LogP contribution is -2.37. The minimum atomic E-state index is -0.362. The lowest BCUT2D eigenvalue weighted by Gasteiger charge is -2.03. The van der Waals surface area contributed by atoms with Crippen LogP contribution < -0.4 is 11.2 Å². The third-order valence-corrected chi connectivity index (χ3v) is 3.35. The van der Waals surface area contributed by atoms with E-state index in [2.05, 4.69) is 26.1 Å². The molecule has 2 rings (SSSR count). The summed E-state index contributed by atoms with van der Waals surface area (Å²) in [6.45, 7) is 0.316. The van der Waals surface area contributed by atoms with Crippen molar-refractivity contribution in [3.63, 3.8) is 0 Å². The molecule has 0 saturated heterocycles. The zero-order chi connectivity index (χ0) is 11.7. The fourth-order valence-corrected chi connectivity index (χ4v) is 2.38. The molecule has 0 amide bonds. The first-order valence-corrected chi connectivity index (χ1v) is 5.93. The van der Waals surface area contributed by atoms with Crippen molar-refractivity contribution in [1.29, 1.82) is 0 Å². The molecule has 0 aromatic carbocycles. The van der Waals surface area contributed by atoms with Gasteiger partial charge in [-0.05, 0) is 15.9 Å². The summed E-state index contributed by atoms with van der Waals surface area (Å²) in [4.78, 5) is 22.8. The van der Waals surface area contributed by atoms with Crippen molar-refractivity contribution < 1.29 is 0 Å². The molecule has 0 spiro atoms. The zero-order valence-corrected chi connectivity index (χ0v) is 10.7. The van der Waals surface area contributed by atoms with Gasteiger partial charge in [-0.15, -0.1) is 10.2 Å². The first kappa shape index (κ1) is 11.2. The molecular formula is C8H7BrN4O2S. The number of aromatic nitrogens is 4. The summed E-state index contributed by atoms with van der Waals surface area (Å²) in [5, 5.41) is 8.36. The zero-order valence-electron chi connectivity index (χ0n) is 8.25. The molecule has 8 heteroatoms. The van der Waals surface area contributed by atoms with Gasteiger partial charge in [-0.2, -0.15) is 0 Å². The molecule has 0 atom stereocenters. The van der Waals surface area contributed by atoms with Crippen molar-refractivity contribution in [1.82, 2.24) is 19.3 Å². The van der Waals surface area contributed by atoms with E-state index >= 15 is 0 Å². The van der Waals surface area contributed by atoms with Gasteiger partial charge in [0, 0.05) is 19.3 Å². The van der Waals surface area contributed by atoms with Crippen molar-refractivity contribution >= 4 is 27.3 Å². The molecular weight excluding hydrogens is 296 g/mol. The molecule has 2 heterocycles. The minimum Gasteiger partial charge on any atom is -0.293 e. The monoisotopic (exact) mass is 302 g/mol. The van der Waals surface area contributed by atoms with E-state index < -0.39 is 0 Å². The second-order valence-electron chi connectivity index (χ2n) is 3.07. The van der Waals surface area contributed by atoms with Crippen LogP contribution in [-0.4, -0.2) is 19.3 Å². The Hall–Kier alpha value is -1.28. The SMILES string of the molecule is Cn1c(=O)ccn(Cc2nnc(Br)s2)c1=O. The molecule has 0 radical (unpaired) electrons. The van der Waals surface area contributed by atoms with Gasteiger partial charge in [0.25, 0.3) is 5.56 Å². The Labute approximate surface area is 102 Å². The standard InChI is InChI=1S/C8H7BrN4O2S/c1-12-6(14)2-3-13(8(12)15)4-5-10-11-7(9)16-5/h2-3H,4H2,1H3. The lowest BCUT2D eigenvalue weighted by molar-refractivity contribution is 0.640. The number of halogens is 1. The summed E-state index contributed by atoms with van der Waals surface area (Å²) in [5.74, 6) is 0. The molecule has 84 valence electrons. The maximum atomic E-state index is 11.7. The van der Waals surface area contributed by atoms with Crippen molar-refractivity contribution in [2.24, 2.45) is 7.05 Å². The predicted molar refractivity (Wildman–Crippen MR) is 62.7 cm³/mol. The van der Waals surface area contributed by atoms with Gasteiger partial charge in [0.15, 0.2) is 3.92 Å². The molecule has 2 aromatic heterocycles. The van der Waals surface area contributed by atoms with Crippen LogP contribution in [0.5, 0.6) is 0 Å². The topological polar surface area (TPSA) is 69.8 Å². The summed E-state index contributed by atoms with van der Waals surface area (Å²) in [6.07, 6.45) is 1.46. The quantitative estimate of drug-likeness (QED) is 0.795. The second-order valence-corrected chi connectivity index (χ2v) is 5.41. The normalized spacial score (nSPS) is 10.6. The molecule has 0 fully saturated rings. The Balaban J connectivity index is 2.40. The smallest absolute Gasteiger partial charge is 0.293 e. The van der Waals surface area contributed by atoms with Gasteiger partial charge in [-0.25, -0.2) is 4.79 Å². The summed E-state index contributed by atoms with van der Waals surface area (Å²) >= 11 is 4.54. The fourth-order valence-electron chi connectivity index (χ4n) is 1.18. The van der Waals surface area contributed by atoms with Crippen LogP contribution in [0.25, 0.3) is 0 Å². The highest BCUT2D eigenvalue weighted by Crippen LogP contribution is 2.15. The Morgan fingerprint density at radius 2 is 2.19 bits per heavy atom. The third-order valence-electron chi connectivity index (χ3n) is 2.01. The maximum absolute atomic E-state index is 11.7. The number of hydrogen-bond donors (Lipinski definition) is 0.